The van der Waals surface area contributed by atoms with Gasteiger partial charge < -0.3 is 20.7 Å². The van der Waals surface area contributed by atoms with Crippen molar-refractivity contribution in [3.8, 4) is 5.75 Å². The summed E-state index contributed by atoms with van der Waals surface area (Å²) in [6.07, 6.45) is 4.51. The maximum Gasteiger partial charge on any atom is 0.177 e. The van der Waals surface area contributed by atoms with Crippen molar-refractivity contribution in [1.82, 2.24) is 15.3 Å². The lowest BCUT2D eigenvalue weighted by Crippen LogP contribution is -2.24. The van der Waals surface area contributed by atoms with Crippen LogP contribution in [0.4, 0.5) is 21.7 Å². The molecule has 0 saturated carbocycles. The van der Waals surface area contributed by atoms with E-state index in [0.29, 0.717) is 36.2 Å². The van der Waals surface area contributed by atoms with Gasteiger partial charge in [0.2, 0.25) is 0 Å². The summed E-state index contributed by atoms with van der Waals surface area (Å²) in [6, 6.07) is 4.18. The fourth-order valence-electron chi connectivity index (χ4n) is 3.73. The molecule has 6 nitrogen and oxygen atoms in total. The Morgan fingerprint density at radius 3 is 2.93 bits per heavy atom. The van der Waals surface area contributed by atoms with Crippen molar-refractivity contribution in [2.75, 3.05) is 30.8 Å². The molecule has 2 aromatic rings. The van der Waals surface area contributed by atoms with Crippen LogP contribution < -0.4 is 20.7 Å². The minimum atomic E-state index is -0.379. The van der Waals surface area contributed by atoms with Crippen LogP contribution in [-0.2, 0) is 6.42 Å². The minimum Gasteiger partial charge on any atom is -0.491 e. The second kappa shape index (κ2) is 7.75. The third kappa shape index (κ3) is 3.67. The number of rotatable bonds is 4. The Labute approximate surface area is 164 Å². The van der Waals surface area contributed by atoms with Gasteiger partial charge in [0.15, 0.2) is 17.4 Å². The first-order valence-electron chi connectivity index (χ1n) is 9.76. The Balaban J connectivity index is 1.75. The molecule has 148 valence electrons. The van der Waals surface area contributed by atoms with Crippen LogP contribution in [0.1, 0.15) is 36.7 Å². The Morgan fingerprint density at radius 1 is 1.25 bits per heavy atom. The van der Waals surface area contributed by atoms with Gasteiger partial charge in [-0.05, 0) is 38.3 Å². The molecule has 0 bridgehead atoms. The van der Waals surface area contributed by atoms with E-state index in [1.165, 1.54) is 0 Å². The number of ether oxygens (including phenoxy) is 1. The second-order valence-corrected chi connectivity index (χ2v) is 7.36. The quantitative estimate of drug-likeness (QED) is 0.746. The number of aryl methyl sites for hydroxylation is 1. The molecule has 4 rings (SSSR count). The molecule has 7 heteroatoms. The van der Waals surface area contributed by atoms with Crippen molar-refractivity contribution in [2.45, 2.75) is 39.2 Å². The van der Waals surface area contributed by atoms with Crippen LogP contribution in [0.3, 0.4) is 0 Å². The number of pyridine rings is 2. The average Bonchev–Trinajstić information content (AvgIpc) is 3.02. The molecular formula is C21H26FN5O. The highest BCUT2D eigenvalue weighted by molar-refractivity contribution is 5.76. The molecule has 0 radical (unpaired) electrons. The monoisotopic (exact) mass is 383 g/mol. The predicted octanol–water partition coefficient (Wildman–Crippen LogP) is 3.80. The highest BCUT2D eigenvalue weighted by Gasteiger charge is 2.28. The van der Waals surface area contributed by atoms with Gasteiger partial charge in [0.25, 0.3) is 0 Å². The molecule has 3 N–H and O–H groups in total. The first kappa shape index (κ1) is 18.7. The Bertz CT molecular complexity index is 927. The van der Waals surface area contributed by atoms with E-state index in [9.17, 15) is 0 Å². The van der Waals surface area contributed by atoms with E-state index in [-0.39, 0.29) is 11.6 Å². The summed E-state index contributed by atoms with van der Waals surface area (Å²) in [7, 11) is 1.84. The molecule has 2 aromatic heterocycles. The van der Waals surface area contributed by atoms with E-state index < -0.39 is 0 Å². The molecule has 1 atom stereocenters. The van der Waals surface area contributed by atoms with E-state index in [0.717, 1.165) is 42.0 Å². The number of fused-ring (bicyclic) bond motifs is 1. The molecule has 0 aliphatic carbocycles. The lowest BCUT2D eigenvalue weighted by atomic mass is 9.98. The van der Waals surface area contributed by atoms with E-state index in [4.69, 9.17) is 4.74 Å². The number of halogens is 1. The summed E-state index contributed by atoms with van der Waals surface area (Å²) in [4.78, 5) is 8.98. The fraction of sp³-hybridized carbons (Fsp3) is 0.429. The third-order valence-corrected chi connectivity index (χ3v) is 5.22. The molecule has 4 heterocycles. The first-order valence-corrected chi connectivity index (χ1v) is 9.76. The van der Waals surface area contributed by atoms with Crippen LogP contribution in [0.5, 0.6) is 5.75 Å². The number of nitrogens with zero attached hydrogens (tertiary/aromatic N) is 2. The van der Waals surface area contributed by atoms with Gasteiger partial charge in [0, 0.05) is 43.5 Å². The van der Waals surface area contributed by atoms with Crippen LogP contribution in [0.15, 0.2) is 18.2 Å². The van der Waals surface area contributed by atoms with Crippen molar-refractivity contribution in [3.05, 3.63) is 41.0 Å². The smallest absolute Gasteiger partial charge is 0.177 e. The van der Waals surface area contributed by atoms with Crippen LogP contribution in [0.25, 0.3) is 5.57 Å². The van der Waals surface area contributed by atoms with Crippen LogP contribution >= 0.6 is 0 Å². The Kier molecular flexibility index (Phi) is 5.17. The zero-order valence-corrected chi connectivity index (χ0v) is 16.5. The first-order chi connectivity index (χ1) is 13.5. The summed E-state index contributed by atoms with van der Waals surface area (Å²) < 4.78 is 21.4. The topological polar surface area (TPSA) is 71.1 Å². The molecule has 28 heavy (non-hydrogen) atoms. The standard InChI is InChI=1S/C21H26FN5O/c1-12-4-5-14(6-8-24-12)18-19(22)21(26-16-7-9-28-20(16)18)27-17-11-15(23-3)10-13(2)25-17/h6,10-12,24H,4-5,7-9H2,1-3H3,(H2,23,25,26,27). The number of nitrogens with one attached hydrogen (secondary N) is 3. The lowest BCUT2D eigenvalue weighted by Gasteiger charge is -2.16. The second-order valence-electron chi connectivity index (χ2n) is 7.36. The van der Waals surface area contributed by atoms with Crippen LogP contribution in [-0.4, -0.2) is 36.2 Å². The van der Waals surface area contributed by atoms with Crippen molar-refractivity contribution in [1.29, 1.82) is 0 Å². The molecule has 0 aromatic carbocycles. The molecular weight excluding hydrogens is 357 g/mol. The molecule has 0 fully saturated rings. The van der Waals surface area contributed by atoms with Crippen molar-refractivity contribution in [3.63, 3.8) is 0 Å². The molecule has 0 spiro atoms. The lowest BCUT2D eigenvalue weighted by molar-refractivity contribution is 0.354. The molecule has 2 aliphatic rings. The van der Waals surface area contributed by atoms with Gasteiger partial charge in [-0.3, -0.25) is 0 Å². The summed E-state index contributed by atoms with van der Waals surface area (Å²) in [5.41, 5.74) is 4.07. The number of anilines is 3. The highest BCUT2D eigenvalue weighted by atomic mass is 19.1. The van der Waals surface area contributed by atoms with E-state index in [1.807, 2.05) is 26.1 Å². The Morgan fingerprint density at radius 2 is 2.11 bits per heavy atom. The third-order valence-electron chi connectivity index (χ3n) is 5.22. The van der Waals surface area contributed by atoms with Gasteiger partial charge in [-0.1, -0.05) is 6.08 Å². The number of hydrogen-bond acceptors (Lipinski definition) is 6. The number of allylic oxidation sites excluding steroid dienone is 1. The molecule has 0 amide bonds. The van der Waals surface area contributed by atoms with E-state index in [1.54, 1.807) is 0 Å². The maximum atomic E-state index is 15.6. The molecule has 0 saturated heterocycles. The Hall–Kier alpha value is -2.67. The summed E-state index contributed by atoms with van der Waals surface area (Å²) in [5, 5.41) is 9.60. The zero-order valence-electron chi connectivity index (χ0n) is 16.5. The summed E-state index contributed by atoms with van der Waals surface area (Å²) >= 11 is 0. The molecule has 2 aliphatic heterocycles. The summed E-state index contributed by atoms with van der Waals surface area (Å²) in [5.74, 6) is 0.976. The van der Waals surface area contributed by atoms with Crippen molar-refractivity contribution in [2.24, 2.45) is 0 Å². The van der Waals surface area contributed by atoms with Gasteiger partial charge in [-0.25, -0.2) is 14.4 Å². The van der Waals surface area contributed by atoms with Crippen molar-refractivity contribution < 1.29 is 9.13 Å². The van der Waals surface area contributed by atoms with Crippen molar-refractivity contribution >= 4 is 22.9 Å². The number of hydrogen-bond donors (Lipinski definition) is 3. The largest absolute Gasteiger partial charge is 0.491 e. The zero-order chi connectivity index (χ0) is 19.7. The van der Waals surface area contributed by atoms with E-state index >= 15 is 4.39 Å². The minimum absolute atomic E-state index is 0.200. The van der Waals surface area contributed by atoms with Gasteiger partial charge in [0.05, 0.1) is 17.9 Å². The highest BCUT2D eigenvalue weighted by Crippen LogP contribution is 2.40. The normalized spacial score (nSPS) is 18.7. The number of aromatic nitrogens is 2. The fourth-order valence-corrected chi connectivity index (χ4v) is 3.73. The van der Waals surface area contributed by atoms with E-state index in [2.05, 4.69) is 38.9 Å². The predicted molar refractivity (Wildman–Crippen MR) is 110 cm³/mol. The average molecular weight is 383 g/mol. The maximum absolute atomic E-state index is 15.6. The SMILES string of the molecule is CNc1cc(C)nc(Nc2nc3c(c(C4=CCNC(C)CC4)c2F)OCC3)c1. The van der Waals surface area contributed by atoms with Gasteiger partial charge in [-0.2, -0.15) is 0 Å². The van der Waals surface area contributed by atoms with Gasteiger partial charge in [-0.15, -0.1) is 0 Å². The van der Waals surface area contributed by atoms with Gasteiger partial charge in [0.1, 0.15) is 5.82 Å². The van der Waals surface area contributed by atoms with Crippen LogP contribution in [0, 0.1) is 12.7 Å². The van der Waals surface area contributed by atoms with Gasteiger partial charge >= 0.3 is 0 Å². The van der Waals surface area contributed by atoms with Crippen LogP contribution in [0.2, 0.25) is 0 Å². The summed E-state index contributed by atoms with van der Waals surface area (Å²) in [6.45, 7) is 5.31. The molecule has 1 unspecified atom stereocenters.